The molecule has 0 bridgehead atoms. The van der Waals surface area contributed by atoms with E-state index in [1.807, 2.05) is 19.2 Å². The van der Waals surface area contributed by atoms with Crippen molar-refractivity contribution in [2.24, 2.45) is 0 Å². The van der Waals surface area contributed by atoms with Gasteiger partial charge in [0.2, 0.25) is 5.91 Å². The van der Waals surface area contributed by atoms with Crippen molar-refractivity contribution in [2.45, 2.75) is 31.7 Å². The third-order valence-electron chi connectivity index (χ3n) is 5.68. The van der Waals surface area contributed by atoms with Gasteiger partial charge < -0.3 is 15.5 Å². The highest BCUT2D eigenvalue weighted by atomic mass is 35.5. The zero-order valence-electron chi connectivity index (χ0n) is 15.2. The number of aryl methyl sites for hydroxylation is 1. The van der Waals surface area contributed by atoms with Gasteiger partial charge in [0.15, 0.2) is 0 Å². The molecule has 4 rings (SSSR count). The standard InChI is InChI=1S/C21H24ClN3O/c1-14-17(6-4-7-18(14)22)21(12-23-13-21)24-16-10-9-15-5-3-8-20(26)25(2)19(15)11-16/h4,6-7,9-11,23-24H,3,5,8,12-13H2,1-2H3. The van der Waals surface area contributed by atoms with Gasteiger partial charge in [-0.1, -0.05) is 29.8 Å². The number of nitrogens with zero attached hydrogens (tertiary/aromatic N) is 1. The average molecular weight is 370 g/mol. The summed E-state index contributed by atoms with van der Waals surface area (Å²) in [5.74, 6) is 0.187. The lowest BCUT2D eigenvalue weighted by molar-refractivity contribution is -0.118. The van der Waals surface area contributed by atoms with E-state index in [1.54, 1.807) is 4.90 Å². The molecule has 1 amide bonds. The summed E-state index contributed by atoms with van der Waals surface area (Å²) < 4.78 is 0. The first-order chi connectivity index (χ1) is 12.5. The second-order valence-electron chi connectivity index (χ2n) is 7.37. The Labute approximate surface area is 159 Å². The third-order valence-corrected chi connectivity index (χ3v) is 6.09. The highest BCUT2D eigenvalue weighted by Crippen LogP contribution is 2.37. The molecule has 4 nitrogen and oxygen atoms in total. The molecular formula is C21H24ClN3O. The molecule has 2 N–H and O–H groups in total. The SMILES string of the molecule is Cc1c(Cl)cccc1C1(Nc2ccc3c(c2)N(C)C(=O)CCC3)CNC1. The smallest absolute Gasteiger partial charge is 0.226 e. The summed E-state index contributed by atoms with van der Waals surface area (Å²) in [7, 11) is 1.87. The van der Waals surface area contributed by atoms with Crippen LogP contribution in [0.25, 0.3) is 0 Å². The van der Waals surface area contributed by atoms with E-state index in [0.717, 1.165) is 47.9 Å². The Morgan fingerprint density at radius 1 is 1.19 bits per heavy atom. The normalized spacial score (nSPS) is 18.7. The Bertz CT molecular complexity index is 860. The van der Waals surface area contributed by atoms with Crippen LogP contribution in [0.15, 0.2) is 36.4 Å². The number of hydrogen-bond donors (Lipinski definition) is 2. The lowest BCUT2D eigenvalue weighted by Crippen LogP contribution is -2.61. The van der Waals surface area contributed by atoms with Gasteiger partial charge in [0.1, 0.15) is 0 Å². The van der Waals surface area contributed by atoms with Crippen LogP contribution >= 0.6 is 11.6 Å². The Kier molecular flexibility index (Phi) is 4.41. The second kappa shape index (κ2) is 6.60. The van der Waals surface area contributed by atoms with Crippen molar-refractivity contribution < 1.29 is 4.79 Å². The molecule has 1 saturated heterocycles. The van der Waals surface area contributed by atoms with Crippen molar-refractivity contribution in [1.29, 1.82) is 0 Å². The largest absolute Gasteiger partial charge is 0.373 e. The summed E-state index contributed by atoms with van der Waals surface area (Å²) in [6, 6.07) is 12.5. The van der Waals surface area contributed by atoms with E-state index in [2.05, 4.69) is 41.8 Å². The molecule has 0 aromatic heterocycles. The van der Waals surface area contributed by atoms with Crippen molar-refractivity contribution >= 4 is 28.9 Å². The number of hydrogen-bond acceptors (Lipinski definition) is 3. The van der Waals surface area contributed by atoms with E-state index in [9.17, 15) is 4.79 Å². The van der Waals surface area contributed by atoms with Crippen LogP contribution in [0, 0.1) is 6.92 Å². The molecule has 136 valence electrons. The Morgan fingerprint density at radius 2 is 2.00 bits per heavy atom. The van der Waals surface area contributed by atoms with Crippen LogP contribution in [0.4, 0.5) is 11.4 Å². The second-order valence-corrected chi connectivity index (χ2v) is 7.78. The molecule has 0 saturated carbocycles. The van der Waals surface area contributed by atoms with Gasteiger partial charge >= 0.3 is 0 Å². The summed E-state index contributed by atoms with van der Waals surface area (Å²) in [5, 5.41) is 7.90. The van der Waals surface area contributed by atoms with Crippen molar-refractivity contribution in [2.75, 3.05) is 30.4 Å². The number of halogens is 1. The van der Waals surface area contributed by atoms with Crippen molar-refractivity contribution in [3.8, 4) is 0 Å². The van der Waals surface area contributed by atoms with E-state index < -0.39 is 0 Å². The minimum Gasteiger partial charge on any atom is -0.373 e. The van der Waals surface area contributed by atoms with Gasteiger partial charge in [-0.25, -0.2) is 0 Å². The summed E-state index contributed by atoms with van der Waals surface area (Å²) in [4.78, 5) is 14.0. The predicted octanol–water partition coefficient (Wildman–Crippen LogP) is 3.86. The van der Waals surface area contributed by atoms with Gasteiger partial charge in [0.25, 0.3) is 0 Å². The Hall–Kier alpha value is -2.04. The molecule has 0 unspecified atom stereocenters. The van der Waals surface area contributed by atoms with Gasteiger partial charge in [0, 0.05) is 43.0 Å². The maximum absolute atomic E-state index is 12.2. The summed E-state index contributed by atoms with van der Waals surface area (Å²) in [6.45, 7) is 3.77. The quantitative estimate of drug-likeness (QED) is 0.863. The lowest BCUT2D eigenvalue weighted by Gasteiger charge is -2.45. The van der Waals surface area contributed by atoms with Gasteiger partial charge in [-0.3, -0.25) is 4.79 Å². The van der Waals surface area contributed by atoms with E-state index in [1.165, 1.54) is 11.1 Å². The highest BCUT2D eigenvalue weighted by molar-refractivity contribution is 6.31. The zero-order valence-corrected chi connectivity index (χ0v) is 16.0. The number of anilines is 2. The number of fused-ring (bicyclic) bond motifs is 1. The first-order valence-electron chi connectivity index (χ1n) is 9.14. The fourth-order valence-electron chi connectivity index (χ4n) is 4.02. The molecule has 2 aromatic carbocycles. The van der Waals surface area contributed by atoms with Crippen LogP contribution in [-0.2, 0) is 16.8 Å². The van der Waals surface area contributed by atoms with Crippen LogP contribution in [0.5, 0.6) is 0 Å². The van der Waals surface area contributed by atoms with E-state index in [4.69, 9.17) is 11.6 Å². The number of nitrogens with one attached hydrogen (secondary N) is 2. The number of carbonyl (C=O) groups is 1. The average Bonchev–Trinajstić information content (AvgIpc) is 2.74. The molecule has 26 heavy (non-hydrogen) atoms. The fraction of sp³-hybridized carbons (Fsp3) is 0.381. The van der Waals surface area contributed by atoms with Crippen molar-refractivity contribution in [3.05, 3.63) is 58.1 Å². The number of carbonyl (C=O) groups excluding carboxylic acids is 1. The molecular weight excluding hydrogens is 346 g/mol. The molecule has 0 spiro atoms. The van der Waals surface area contributed by atoms with E-state index in [-0.39, 0.29) is 11.4 Å². The van der Waals surface area contributed by atoms with E-state index >= 15 is 0 Å². The van der Waals surface area contributed by atoms with Gasteiger partial charge in [-0.15, -0.1) is 0 Å². The summed E-state index contributed by atoms with van der Waals surface area (Å²) >= 11 is 6.36. The van der Waals surface area contributed by atoms with Crippen molar-refractivity contribution in [1.82, 2.24) is 5.32 Å². The van der Waals surface area contributed by atoms with Gasteiger partial charge in [-0.2, -0.15) is 0 Å². The maximum atomic E-state index is 12.2. The maximum Gasteiger partial charge on any atom is 0.226 e. The first kappa shape index (κ1) is 17.4. The van der Waals surface area contributed by atoms with Crippen LogP contribution in [0.3, 0.4) is 0 Å². The Balaban J connectivity index is 1.69. The highest BCUT2D eigenvalue weighted by Gasteiger charge is 2.40. The molecule has 2 aliphatic rings. The zero-order chi connectivity index (χ0) is 18.3. The molecule has 1 fully saturated rings. The monoisotopic (exact) mass is 369 g/mol. The molecule has 5 heteroatoms. The lowest BCUT2D eigenvalue weighted by atomic mass is 9.81. The molecule has 2 aliphatic heterocycles. The number of amides is 1. The Morgan fingerprint density at radius 3 is 2.73 bits per heavy atom. The number of benzene rings is 2. The van der Waals surface area contributed by atoms with Crippen LogP contribution < -0.4 is 15.5 Å². The van der Waals surface area contributed by atoms with Crippen molar-refractivity contribution in [3.63, 3.8) is 0 Å². The molecule has 0 aliphatic carbocycles. The fourth-order valence-corrected chi connectivity index (χ4v) is 4.20. The molecule has 0 radical (unpaired) electrons. The minimum atomic E-state index is -0.170. The van der Waals surface area contributed by atoms with Crippen LogP contribution in [0.1, 0.15) is 29.5 Å². The third kappa shape index (κ3) is 2.87. The molecule has 0 atom stereocenters. The van der Waals surface area contributed by atoms with Crippen LogP contribution in [-0.4, -0.2) is 26.0 Å². The molecule has 2 heterocycles. The first-order valence-corrected chi connectivity index (χ1v) is 9.52. The number of rotatable bonds is 3. The van der Waals surface area contributed by atoms with Gasteiger partial charge in [0.05, 0.1) is 5.54 Å². The molecule has 2 aromatic rings. The summed E-state index contributed by atoms with van der Waals surface area (Å²) in [6.07, 6.45) is 2.48. The predicted molar refractivity (Wildman–Crippen MR) is 107 cm³/mol. The van der Waals surface area contributed by atoms with Gasteiger partial charge in [-0.05, 0) is 54.7 Å². The van der Waals surface area contributed by atoms with E-state index in [0.29, 0.717) is 6.42 Å². The van der Waals surface area contributed by atoms with Crippen LogP contribution in [0.2, 0.25) is 5.02 Å². The topological polar surface area (TPSA) is 44.4 Å². The minimum absolute atomic E-state index is 0.170. The summed E-state index contributed by atoms with van der Waals surface area (Å²) in [5.41, 5.74) is 5.46.